The summed E-state index contributed by atoms with van der Waals surface area (Å²) in [6, 6.07) is 4.28. The number of hydrogen-bond donors (Lipinski definition) is 1. The van der Waals surface area contributed by atoms with E-state index in [4.69, 9.17) is 4.74 Å². The van der Waals surface area contributed by atoms with Crippen molar-refractivity contribution >= 4 is 21.2 Å². The van der Waals surface area contributed by atoms with Gasteiger partial charge in [-0.2, -0.15) is 0 Å². The third-order valence-electron chi connectivity index (χ3n) is 5.21. The molecule has 2 aliphatic heterocycles. The molecule has 0 amide bonds. The first kappa shape index (κ1) is 19.1. The molecular weight excluding hydrogens is 358 g/mol. The highest BCUT2D eigenvalue weighted by Gasteiger charge is 2.32. The Morgan fingerprint density at radius 1 is 1.38 bits per heavy atom. The number of hydrogen-bond acceptors (Lipinski definition) is 7. The zero-order valence-corrected chi connectivity index (χ0v) is 15.7. The number of anilines is 1. The van der Waals surface area contributed by atoms with Crippen LogP contribution in [-0.4, -0.2) is 63.4 Å². The van der Waals surface area contributed by atoms with E-state index in [2.05, 4.69) is 10.2 Å². The molecule has 144 valence electrons. The molecule has 0 radical (unpaired) electrons. The fourth-order valence-electron chi connectivity index (χ4n) is 3.78. The molecule has 2 aliphatic rings. The number of nitro groups is 1. The summed E-state index contributed by atoms with van der Waals surface area (Å²) in [4.78, 5) is 13.2. The number of sulfone groups is 1. The maximum atomic E-state index is 11.7. The van der Waals surface area contributed by atoms with Crippen molar-refractivity contribution in [3.63, 3.8) is 0 Å². The lowest BCUT2D eigenvalue weighted by molar-refractivity contribution is -0.384. The van der Waals surface area contributed by atoms with E-state index in [0.29, 0.717) is 18.2 Å². The number of nitrogens with one attached hydrogen (secondary N) is 1. The minimum atomic E-state index is -3.49. The molecule has 2 atom stereocenters. The number of rotatable bonds is 7. The van der Waals surface area contributed by atoms with E-state index in [1.165, 1.54) is 25.0 Å². The largest absolute Gasteiger partial charge is 0.381 e. The molecule has 26 heavy (non-hydrogen) atoms. The lowest BCUT2D eigenvalue weighted by Gasteiger charge is -2.32. The SMILES string of the molecule is CS(=O)(=O)c1ccc(NCC(C2CCOC2)N2CCCC2)c([N+](=O)[O-])c1. The van der Waals surface area contributed by atoms with Gasteiger partial charge in [0, 0.05) is 37.4 Å². The maximum Gasteiger partial charge on any atom is 0.293 e. The monoisotopic (exact) mass is 383 g/mol. The van der Waals surface area contributed by atoms with Gasteiger partial charge in [0.15, 0.2) is 9.84 Å². The van der Waals surface area contributed by atoms with Crippen molar-refractivity contribution in [2.45, 2.75) is 30.2 Å². The summed E-state index contributed by atoms with van der Waals surface area (Å²) < 4.78 is 28.9. The van der Waals surface area contributed by atoms with Crippen LogP contribution in [0.25, 0.3) is 0 Å². The third-order valence-corrected chi connectivity index (χ3v) is 6.32. The predicted molar refractivity (Wildman–Crippen MR) is 98.2 cm³/mol. The molecule has 2 unspecified atom stereocenters. The Bertz CT molecular complexity index is 740. The second-order valence-corrected chi connectivity index (χ2v) is 9.04. The predicted octanol–water partition coefficient (Wildman–Crippen LogP) is 1.91. The van der Waals surface area contributed by atoms with Crippen molar-refractivity contribution in [1.82, 2.24) is 4.90 Å². The molecule has 0 aromatic heterocycles. The second-order valence-electron chi connectivity index (χ2n) is 7.02. The number of likely N-dealkylation sites (tertiary alicyclic amines) is 1. The summed E-state index contributed by atoms with van der Waals surface area (Å²) in [5, 5.41) is 14.6. The van der Waals surface area contributed by atoms with Crippen LogP contribution in [0.3, 0.4) is 0 Å². The Labute approximate surface area is 153 Å². The maximum absolute atomic E-state index is 11.7. The summed E-state index contributed by atoms with van der Waals surface area (Å²) in [6.45, 7) is 4.14. The summed E-state index contributed by atoms with van der Waals surface area (Å²) in [7, 11) is -3.49. The third kappa shape index (κ3) is 4.33. The van der Waals surface area contributed by atoms with Crippen LogP contribution in [0.5, 0.6) is 0 Å². The highest BCUT2D eigenvalue weighted by molar-refractivity contribution is 7.90. The highest BCUT2D eigenvalue weighted by Crippen LogP contribution is 2.29. The number of benzene rings is 1. The minimum absolute atomic E-state index is 0.0463. The van der Waals surface area contributed by atoms with E-state index in [0.717, 1.165) is 45.0 Å². The van der Waals surface area contributed by atoms with Crippen molar-refractivity contribution in [3.05, 3.63) is 28.3 Å². The molecule has 9 heteroatoms. The standard InChI is InChI=1S/C17H25N3O5S/c1-26(23,24)14-4-5-15(16(10-14)20(21)22)18-11-17(13-6-9-25-12-13)19-7-2-3-8-19/h4-5,10,13,17-18H,2-3,6-9,11-12H2,1H3. The van der Waals surface area contributed by atoms with Crippen LogP contribution in [0, 0.1) is 16.0 Å². The number of ether oxygens (including phenoxy) is 1. The Morgan fingerprint density at radius 3 is 2.69 bits per heavy atom. The van der Waals surface area contributed by atoms with E-state index in [1.807, 2.05) is 0 Å². The summed E-state index contributed by atoms with van der Waals surface area (Å²) >= 11 is 0. The molecule has 8 nitrogen and oxygen atoms in total. The van der Waals surface area contributed by atoms with Crippen LogP contribution in [0.2, 0.25) is 0 Å². The van der Waals surface area contributed by atoms with Gasteiger partial charge in [-0.15, -0.1) is 0 Å². The molecule has 1 aromatic carbocycles. The second kappa shape index (κ2) is 7.89. The highest BCUT2D eigenvalue weighted by atomic mass is 32.2. The molecule has 0 bridgehead atoms. The van der Waals surface area contributed by atoms with E-state index in [1.54, 1.807) is 0 Å². The molecule has 2 heterocycles. The first-order chi connectivity index (χ1) is 12.4. The molecule has 3 rings (SSSR count). The van der Waals surface area contributed by atoms with Crippen LogP contribution in [0.15, 0.2) is 23.1 Å². The van der Waals surface area contributed by atoms with Crippen LogP contribution in [0.4, 0.5) is 11.4 Å². The lowest BCUT2D eigenvalue weighted by Crippen LogP contribution is -2.44. The Balaban J connectivity index is 1.79. The van der Waals surface area contributed by atoms with Crippen molar-refractivity contribution in [1.29, 1.82) is 0 Å². The molecule has 2 fully saturated rings. The zero-order chi connectivity index (χ0) is 18.7. The quantitative estimate of drug-likeness (QED) is 0.567. The van der Waals surface area contributed by atoms with Gasteiger partial charge in [-0.1, -0.05) is 0 Å². The van der Waals surface area contributed by atoms with Crippen LogP contribution in [0.1, 0.15) is 19.3 Å². The molecule has 2 saturated heterocycles. The van der Waals surface area contributed by atoms with Crippen molar-refractivity contribution in [3.8, 4) is 0 Å². The molecule has 1 aromatic rings. The summed E-state index contributed by atoms with van der Waals surface area (Å²) in [5.74, 6) is 0.412. The minimum Gasteiger partial charge on any atom is -0.381 e. The fraction of sp³-hybridized carbons (Fsp3) is 0.647. The van der Waals surface area contributed by atoms with E-state index in [-0.39, 0.29) is 16.6 Å². The van der Waals surface area contributed by atoms with Crippen molar-refractivity contribution < 1.29 is 18.1 Å². The van der Waals surface area contributed by atoms with Gasteiger partial charge in [-0.05, 0) is 44.5 Å². The van der Waals surface area contributed by atoms with Gasteiger partial charge in [-0.25, -0.2) is 8.42 Å². The van der Waals surface area contributed by atoms with Crippen LogP contribution < -0.4 is 5.32 Å². The Hall–Kier alpha value is -1.71. The Kier molecular flexibility index (Phi) is 5.79. The van der Waals surface area contributed by atoms with Gasteiger partial charge < -0.3 is 10.1 Å². The summed E-state index contributed by atoms with van der Waals surface area (Å²) in [5.41, 5.74) is 0.140. The topological polar surface area (TPSA) is 102 Å². The van der Waals surface area contributed by atoms with Gasteiger partial charge in [0.1, 0.15) is 5.69 Å². The zero-order valence-electron chi connectivity index (χ0n) is 14.9. The average molecular weight is 383 g/mol. The van der Waals surface area contributed by atoms with Gasteiger partial charge in [-0.3, -0.25) is 15.0 Å². The van der Waals surface area contributed by atoms with Crippen molar-refractivity contribution in [2.24, 2.45) is 5.92 Å². The van der Waals surface area contributed by atoms with Crippen molar-refractivity contribution in [2.75, 3.05) is 44.4 Å². The molecule has 0 spiro atoms. The smallest absolute Gasteiger partial charge is 0.293 e. The first-order valence-corrected chi connectivity index (χ1v) is 10.8. The van der Waals surface area contributed by atoms with E-state index in [9.17, 15) is 18.5 Å². The summed E-state index contributed by atoms with van der Waals surface area (Å²) in [6.07, 6.45) is 4.39. The van der Waals surface area contributed by atoms with Gasteiger partial charge in [0.25, 0.3) is 5.69 Å². The first-order valence-electron chi connectivity index (χ1n) is 8.90. The Morgan fingerprint density at radius 2 is 2.12 bits per heavy atom. The molecule has 0 aliphatic carbocycles. The number of nitro benzene ring substituents is 1. The molecule has 1 N–H and O–H groups in total. The van der Waals surface area contributed by atoms with Gasteiger partial charge in [0.2, 0.25) is 0 Å². The fourth-order valence-corrected chi connectivity index (χ4v) is 4.42. The van der Waals surface area contributed by atoms with Crippen LogP contribution >= 0.6 is 0 Å². The van der Waals surface area contributed by atoms with Gasteiger partial charge >= 0.3 is 0 Å². The van der Waals surface area contributed by atoms with E-state index < -0.39 is 14.8 Å². The van der Waals surface area contributed by atoms with Crippen LogP contribution in [-0.2, 0) is 14.6 Å². The lowest BCUT2D eigenvalue weighted by atomic mass is 9.97. The molecular formula is C17H25N3O5S. The number of nitrogens with zero attached hydrogens (tertiary/aromatic N) is 2. The molecule has 0 saturated carbocycles. The van der Waals surface area contributed by atoms with Gasteiger partial charge in [0.05, 0.1) is 16.4 Å². The van der Waals surface area contributed by atoms with E-state index >= 15 is 0 Å². The normalized spacial score (nSPS) is 22.4. The average Bonchev–Trinajstić information content (AvgIpc) is 3.28.